The molecule has 1 saturated heterocycles. The predicted octanol–water partition coefficient (Wildman–Crippen LogP) is 1.54. The fraction of sp³-hybridized carbons (Fsp3) is 0.438. The van der Waals surface area contributed by atoms with Crippen LogP contribution in [-0.2, 0) is 10.0 Å². The van der Waals surface area contributed by atoms with Gasteiger partial charge in [0.05, 0.1) is 18.1 Å². The topological polar surface area (TPSA) is 76.0 Å². The van der Waals surface area contributed by atoms with E-state index in [1.807, 2.05) is 30.3 Å². The highest BCUT2D eigenvalue weighted by Gasteiger charge is 2.18. The molecule has 1 atom stereocenters. The van der Waals surface area contributed by atoms with Gasteiger partial charge in [-0.2, -0.15) is 5.10 Å². The minimum atomic E-state index is -3.50. The Labute approximate surface area is 137 Å². The third-order valence-corrected chi connectivity index (χ3v) is 5.55. The molecule has 23 heavy (non-hydrogen) atoms. The van der Waals surface area contributed by atoms with Crippen LogP contribution in [0.5, 0.6) is 0 Å². The van der Waals surface area contributed by atoms with Gasteiger partial charge in [0.15, 0.2) is 0 Å². The summed E-state index contributed by atoms with van der Waals surface area (Å²) in [5.74, 6) is 0.554. The van der Waals surface area contributed by atoms with Gasteiger partial charge in [0, 0.05) is 6.54 Å². The second-order valence-corrected chi connectivity index (χ2v) is 7.62. The number of piperidine rings is 1. The molecular weight excluding hydrogens is 312 g/mol. The summed E-state index contributed by atoms with van der Waals surface area (Å²) in [5.41, 5.74) is 0.835. The van der Waals surface area contributed by atoms with E-state index in [1.54, 1.807) is 10.9 Å². The lowest BCUT2D eigenvalue weighted by Crippen LogP contribution is -2.33. The van der Waals surface area contributed by atoms with E-state index in [2.05, 4.69) is 15.1 Å². The minimum Gasteiger partial charge on any atom is -0.316 e. The summed E-state index contributed by atoms with van der Waals surface area (Å²) in [7, 11) is -3.50. The Morgan fingerprint density at radius 2 is 2.13 bits per heavy atom. The smallest absolute Gasteiger partial charge is 0.243 e. The highest BCUT2D eigenvalue weighted by molar-refractivity contribution is 7.89. The fourth-order valence-corrected chi connectivity index (χ4v) is 3.80. The van der Waals surface area contributed by atoms with Gasteiger partial charge in [0.2, 0.25) is 10.0 Å². The van der Waals surface area contributed by atoms with Crippen molar-refractivity contribution in [3.63, 3.8) is 0 Å². The second-order valence-electron chi connectivity index (χ2n) is 5.85. The van der Waals surface area contributed by atoms with Gasteiger partial charge in [0.1, 0.15) is 4.90 Å². The molecule has 3 rings (SSSR count). The standard InChI is InChI=1S/C16H22N4O2S/c21-23(22,19-10-8-14-5-4-9-17-11-14)16-12-18-20(13-16)15-6-2-1-3-7-15/h1-3,6-7,12-14,17,19H,4-5,8-11H2. The number of aromatic nitrogens is 2. The fourth-order valence-electron chi connectivity index (χ4n) is 2.82. The number of benzene rings is 1. The molecule has 0 bridgehead atoms. The zero-order chi connectivity index (χ0) is 16.1. The molecule has 0 spiro atoms. The molecule has 1 aromatic carbocycles. The van der Waals surface area contributed by atoms with Gasteiger partial charge in [0.25, 0.3) is 0 Å². The first-order valence-corrected chi connectivity index (χ1v) is 9.44. The third-order valence-electron chi connectivity index (χ3n) is 4.13. The monoisotopic (exact) mass is 334 g/mol. The van der Waals surface area contributed by atoms with Crippen molar-refractivity contribution in [2.75, 3.05) is 19.6 Å². The van der Waals surface area contributed by atoms with E-state index in [-0.39, 0.29) is 4.90 Å². The molecule has 2 aromatic rings. The Morgan fingerprint density at radius 1 is 1.30 bits per heavy atom. The van der Waals surface area contributed by atoms with Crippen LogP contribution in [0.2, 0.25) is 0 Å². The van der Waals surface area contributed by atoms with E-state index in [1.165, 1.54) is 19.0 Å². The molecule has 7 heteroatoms. The zero-order valence-corrected chi connectivity index (χ0v) is 13.8. The van der Waals surface area contributed by atoms with Crippen LogP contribution in [0.25, 0.3) is 5.69 Å². The Bertz CT molecular complexity index is 722. The van der Waals surface area contributed by atoms with Gasteiger partial charge in [-0.3, -0.25) is 0 Å². The maximum atomic E-state index is 12.3. The number of hydrogen-bond donors (Lipinski definition) is 2. The number of hydrogen-bond acceptors (Lipinski definition) is 4. The van der Waals surface area contributed by atoms with E-state index in [0.29, 0.717) is 12.5 Å². The Morgan fingerprint density at radius 3 is 2.87 bits per heavy atom. The lowest BCUT2D eigenvalue weighted by molar-refractivity contribution is 0.358. The summed E-state index contributed by atoms with van der Waals surface area (Å²) in [4.78, 5) is 0.197. The van der Waals surface area contributed by atoms with Crippen molar-refractivity contribution in [1.82, 2.24) is 19.8 Å². The highest BCUT2D eigenvalue weighted by Crippen LogP contribution is 2.15. The lowest BCUT2D eigenvalue weighted by Gasteiger charge is -2.22. The van der Waals surface area contributed by atoms with E-state index in [0.717, 1.165) is 25.2 Å². The molecule has 1 aromatic heterocycles. The molecule has 0 saturated carbocycles. The van der Waals surface area contributed by atoms with Crippen molar-refractivity contribution < 1.29 is 8.42 Å². The summed E-state index contributed by atoms with van der Waals surface area (Å²) in [5, 5.41) is 7.48. The molecular formula is C16H22N4O2S. The zero-order valence-electron chi connectivity index (χ0n) is 13.0. The van der Waals surface area contributed by atoms with Crippen LogP contribution < -0.4 is 10.0 Å². The van der Waals surface area contributed by atoms with Crippen LogP contribution >= 0.6 is 0 Å². The van der Waals surface area contributed by atoms with E-state index in [4.69, 9.17) is 0 Å². The molecule has 0 aliphatic carbocycles. The average Bonchev–Trinajstić information content (AvgIpc) is 3.07. The van der Waals surface area contributed by atoms with E-state index >= 15 is 0 Å². The minimum absolute atomic E-state index is 0.197. The predicted molar refractivity (Wildman–Crippen MR) is 89.0 cm³/mol. The maximum absolute atomic E-state index is 12.3. The molecule has 1 unspecified atom stereocenters. The summed E-state index contributed by atoms with van der Waals surface area (Å²) < 4.78 is 28.9. The first kappa shape index (κ1) is 16.2. The second kappa shape index (κ2) is 7.25. The normalized spacial score (nSPS) is 18.9. The molecule has 0 amide bonds. The van der Waals surface area contributed by atoms with E-state index < -0.39 is 10.0 Å². The number of nitrogens with zero attached hydrogens (tertiary/aromatic N) is 2. The van der Waals surface area contributed by atoms with Crippen molar-refractivity contribution >= 4 is 10.0 Å². The largest absolute Gasteiger partial charge is 0.316 e. The summed E-state index contributed by atoms with van der Waals surface area (Å²) in [6, 6.07) is 9.45. The Kier molecular flexibility index (Phi) is 5.09. The van der Waals surface area contributed by atoms with Crippen molar-refractivity contribution in [2.24, 2.45) is 5.92 Å². The van der Waals surface area contributed by atoms with Gasteiger partial charge < -0.3 is 5.32 Å². The molecule has 124 valence electrons. The van der Waals surface area contributed by atoms with Crippen LogP contribution in [0, 0.1) is 5.92 Å². The SMILES string of the molecule is O=S(=O)(NCCC1CCCNC1)c1cnn(-c2ccccc2)c1. The van der Waals surface area contributed by atoms with Crippen LogP contribution in [-0.4, -0.2) is 37.8 Å². The van der Waals surface area contributed by atoms with Crippen molar-refractivity contribution in [3.8, 4) is 5.69 Å². The van der Waals surface area contributed by atoms with Gasteiger partial charge in [-0.15, -0.1) is 0 Å². The molecule has 2 N–H and O–H groups in total. The summed E-state index contributed by atoms with van der Waals surface area (Å²) >= 11 is 0. The quantitative estimate of drug-likeness (QED) is 0.840. The summed E-state index contributed by atoms with van der Waals surface area (Å²) in [6.07, 6.45) is 6.12. The molecule has 1 aliphatic rings. The van der Waals surface area contributed by atoms with Crippen molar-refractivity contribution in [3.05, 3.63) is 42.7 Å². The van der Waals surface area contributed by atoms with Crippen molar-refractivity contribution in [1.29, 1.82) is 0 Å². The van der Waals surface area contributed by atoms with Gasteiger partial charge >= 0.3 is 0 Å². The van der Waals surface area contributed by atoms with Crippen molar-refractivity contribution in [2.45, 2.75) is 24.2 Å². The molecule has 6 nitrogen and oxygen atoms in total. The van der Waals surface area contributed by atoms with Crippen LogP contribution in [0.15, 0.2) is 47.6 Å². The number of para-hydroxylation sites is 1. The number of sulfonamides is 1. The molecule has 1 fully saturated rings. The van der Waals surface area contributed by atoms with Crippen LogP contribution in [0.3, 0.4) is 0 Å². The van der Waals surface area contributed by atoms with E-state index in [9.17, 15) is 8.42 Å². The maximum Gasteiger partial charge on any atom is 0.243 e. The van der Waals surface area contributed by atoms with Crippen LogP contribution in [0.4, 0.5) is 0 Å². The van der Waals surface area contributed by atoms with Gasteiger partial charge in [-0.1, -0.05) is 18.2 Å². The Hall–Kier alpha value is -1.70. The molecule has 0 radical (unpaired) electrons. The molecule has 2 heterocycles. The van der Waals surface area contributed by atoms with Gasteiger partial charge in [-0.05, 0) is 50.4 Å². The lowest BCUT2D eigenvalue weighted by atomic mass is 9.96. The first-order chi connectivity index (χ1) is 11.1. The Balaban J connectivity index is 1.60. The highest BCUT2D eigenvalue weighted by atomic mass is 32.2. The number of rotatable bonds is 6. The van der Waals surface area contributed by atoms with Gasteiger partial charge in [-0.25, -0.2) is 17.8 Å². The average molecular weight is 334 g/mol. The summed E-state index contributed by atoms with van der Waals surface area (Å²) in [6.45, 7) is 2.51. The first-order valence-electron chi connectivity index (χ1n) is 7.96. The van der Waals surface area contributed by atoms with Crippen LogP contribution in [0.1, 0.15) is 19.3 Å². The third kappa shape index (κ3) is 4.19. The number of nitrogens with one attached hydrogen (secondary N) is 2. The molecule has 1 aliphatic heterocycles.